The topological polar surface area (TPSA) is 89.2 Å². The van der Waals surface area contributed by atoms with E-state index < -0.39 is 5.91 Å². The highest BCUT2D eigenvalue weighted by Gasteiger charge is 2.26. The summed E-state index contributed by atoms with van der Waals surface area (Å²) in [6.45, 7) is 1.39. The predicted molar refractivity (Wildman–Crippen MR) is 110 cm³/mol. The van der Waals surface area contributed by atoms with Gasteiger partial charge in [-0.15, -0.1) is 0 Å². The van der Waals surface area contributed by atoms with Gasteiger partial charge in [-0.25, -0.2) is 0 Å². The van der Waals surface area contributed by atoms with Gasteiger partial charge in [0.2, 0.25) is 5.91 Å². The van der Waals surface area contributed by atoms with E-state index >= 15 is 0 Å². The van der Waals surface area contributed by atoms with Gasteiger partial charge in [-0.3, -0.25) is 19.6 Å². The highest BCUT2D eigenvalue weighted by atomic mass is 16.2. The van der Waals surface area contributed by atoms with Crippen molar-refractivity contribution in [3.63, 3.8) is 0 Å². The van der Waals surface area contributed by atoms with Crippen LogP contribution in [0, 0.1) is 0 Å². The average Bonchev–Trinajstić information content (AvgIpc) is 2.79. The first-order chi connectivity index (χ1) is 14.1. The van der Waals surface area contributed by atoms with Crippen molar-refractivity contribution in [2.45, 2.75) is 18.8 Å². The van der Waals surface area contributed by atoms with E-state index in [-0.39, 0.29) is 11.8 Å². The molecule has 6 heteroatoms. The number of nitrogens with zero attached hydrogens (tertiary/aromatic N) is 3. The molecule has 0 saturated carbocycles. The average molecular weight is 386 g/mol. The summed E-state index contributed by atoms with van der Waals surface area (Å²) < 4.78 is 0. The zero-order chi connectivity index (χ0) is 20.2. The van der Waals surface area contributed by atoms with Crippen molar-refractivity contribution >= 4 is 11.8 Å². The van der Waals surface area contributed by atoms with Crippen LogP contribution in [0.1, 0.15) is 45.2 Å². The zero-order valence-electron chi connectivity index (χ0n) is 16.0. The first-order valence-electron chi connectivity index (χ1n) is 9.68. The van der Waals surface area contributed by atoms with Gasteiger partial charge in [0, 0.05) is 48.2 Å². The van der Waals surface area contributed by atoms with Crippen molar-refractivity contribution in [1.82, 2.24) is 14.9 Å². The lowest BCUT2D eigenvalue weighted by Gasteiger charge is -2.32. The number of likely N-dealkylation sites (tertiary alicyclic amines) is 1. The van der Waals surface area contributed by atoms with Gasteiger partial charge in [-0.05, 0) is 49.2 Å². The molecule has 1 fully saturated rings. The summed E-state index contributed by atoms with van der Waals surface area (Å²) in [4.78, 5) is 34.8. The first-order valence-corrected chi connectivity index (χ1v) is 9.68. The number of benzene rings is 1. The summed E-state index contributed by atoms with van der Waals surface area (Å²) >= 11 is 0. The lowest BCUT2D eigenvalue weighted by Crippen LogP contribution is -2.39. The van der Waals surface area contributed by atoms with Crippen LogP contribution < -0.4 is 5.73 Å². The molecule has 0 spiro atoms. The second-order valence-electron chi connectivity index (χ2n) is 7.22. The van der Waals surface area contributed by atoms with Crippen LogP contribution in [0.4, 0.5) is 0 Å². The number of hydrogen-bond donors (Lipinski definition) is 1. The maximum Gasteiger partial charge on any atom is 0.255 e. The van der Waals surface area contributed by atoms with Crippen molar-refractivity contribution < 1.29 is 9.59 Å². The van der Waals surface area contributed by atoms with Crippen LogP contribution in [-0.4, -0.2) is 39.8 Å². The molecular weight excluding hydrogens is 364 g/mol. The third kappa shape index (κ3) is 4.16. The van der Waals surface area contributed by atoms with E-state index in [0.717, 1.165) is 36.3 Å². The Morgan fingerprint density at radius 2 is 1.83 bits per heavy atom. The van der Waals surface area contributed by atoms with E-state index in [1.807, 2.05) is 35.2 Å². The zero-order valence-corrected chi connectivity index (χ0v) is 16.0. The maximum absolute atomic E-state index is 12.8. The second-order valence-corrected chi connectivity index (χ2v) is 7.22. The van der Waals surface area contributed by atoms with Crippen LogP contribution in [0.5, 0.6) is 0 Å². The summed E-state index contributed by atoms with van der Waals surface area (Å²) in [5, 5.41) is 0. The lowest BCUT2D eigenvalue weighted by molar-refractivity contribution is 0.0705. The minimum atomic E-state index is -0.446. The van der Waals surface area contributed by atoms with E-state index in [0.29, 0.717) is 17.7 Å². The molecule has 1 aliphatic heterocycles. The summed E-state index contributed by atoms with van der Waals surface area (Å²) in [6, 6.07) is 16.7. The predicted octanol–water partition coefficient (Wildman–Crippen LogP) is 3.26. The Balaban J connectivity index is 1.53. The highest BCUT2D eigenvalue weighted by molar-refractivity contribution is 5.94. The maximum atomic E-state index is 12.8. The molecule has 0 aliphatic carbocycles. The van der Waals surface area contributed by atoms with Crippen LogP contribution in [0.15, 0.2) is 67.0 Å². The Morgan fingerprint density at radius 3 is 2.55 bits per heavy atom. The van der Waals surface area contributed by atoms with Gasteiger partial charge in [-0.1, -0.05) is 18.2 Å². The number of amides is 2. The fourth-order valence-electron chi connectivity index (χ4n) is 3.72. The molecular formula is C23H22N4O2. The molecule has 4 rings (SSSR count). The Morgan fingerprint density at radius 1 is 1.00 bits per heavy atom. The van der Waals surface area contributed by atoms with Crippen molar-refractivity contribution in [3.8, 4) is 11.3 Å². The molecule has 3 heterocycles. The number of piperidine rings is 1. The van der Waals surface area contributed by atoms with Gasteiger partial charge < -0.3 is 10.6 Å². The van der Waals surface area contributed by atoms with Crippen molar-refractivity contribution in [1.29, 1.82) is 0 Å². The monoisotopic (exact) mass is 386 g/mol. The standard InChI is InChI=1S/C23H22N4O2/c24-22(28)17-10-8-16(9-11-17)20-6-1-7-21(26-20)19-5-3-13-27(15-19)23(29)18-4-2-12-25-14-18/h1-2,4,6-12,14,19H,3,5,13,15H2,(H2,24,28)/t19-/m1/s1. The van der Waals surface area contributed by atoms with E-state index in [1.165, 1.54) is 0 Å². The fourth-order valence-corrected chi connectivity index (χ4v) is 3.72. The molecule has 1 saturated heterocycles. The Kier molecular flexibility index (Phi) is 5.33. The second kappa shape index (κ2) is 8.22. The number of primary amides is 1. The quantitative estimate of drug-likeness (QED) is 0.745. The van der Waals surface area contributed by atoms with Crippen molar-refractivity contribution in [2.24, 2.45) is 5.73 Å². The van der Waals surface area contributed by atoms with E-state index in [4.69, 9.17) is 10.7 Å². The summed E-state index contributed by atoms with van der Waals surface area (Å²) in [7, 11) is 0. The molecule has 2 aromatic heterocycles. The molecule has 0 unspecified atom stereocenters. The SMILES string of the molecule is NC(=O)c1ccc(-c2cccc([C@@H]3CCCN(C(=O)c4cccnc4)C3)n2)cc1. The lowest BCUT2D eigenvalue weighted by atomic mass is 9.93. The molecule has 6 nitrogen and oxygen atoms in total. The summed E-state index contributed by atoms with van der Waals surface area (Å²) in [6.07, 6.45) is 5.21. The third-order valence-electron chi connectivity index (χ3n) is 5.27. The van der Waals surface area contributed by atoms with Crippen molar-refractivity contribution in [2.75, 3.05) is 13.1 Å². The van der Waals surface area contributed by atoms with E-state index in [2.05, 4.69) is 4.98 Å². The van der Waals surface area contributed by atoms with Crippen LogP contribution in [0.3, 0.4) is 0 Å². The molecule has 146 valence electrons. The molecule has 0 radical (unpaired) electrons. The van der Waals surface area contributed by atoms with Crippen LogP contribution in [0.25, 0.3) is 11.3 Å². The number of hydrogen-bond acceptors (Lipinski definition) is 4. The van der Waals surface area contributed by atoms with Gasteiger partial charge in [-0.2, -0.15) is 0 Å². The Bertz CT molecular complexity index is 1020. The minimum absolute atomic E-state index is 0.0148. The summed E-state index contributed by atoms with van der Waals surface area (Å²) in [5.74, 6) is -0.242. The van der Waals surface area contributed by atoms with Gasteiger partial charge in [0.05, 0.1) is 11.3 Å². The normalized spacial score (nSPS) is 16.4. The molecule has 29 heavy (non-hydrogen) atoms. The number of rotatable bonds is 4. The van der Waals surface area contributed by atoms with E-state index in [1.54, 1.807) is 36.7 Å². The fraction of sp³-hybridized carbons (Fsp3) is 0.217. The van der Waals surface area contributed by atoms with Gasteiger partial charge in [0.25, 0.3) is 5.91 Å². The van der Waals surface area contributed by atoms with Gasteiger partial charge in [0.1, 0.15) is 0 Å². The third-order valence-corrected chi connectivity index (χ3v) is 5.27. The molecule has 3 aromatic rings. The summed E-state index contributed by atoms with van der Waals surface area (Å²) in [5.41, 5.74) is 9.15. The van der Waals surface area contributed by atoms with Gasteiger partial charge >= 0.3 is 0 Å². The molecule has 1 aliphatic rings. The van der Waals surface area contributed by atoms with Crippen LogP contribution in [-0.2, 0) is 0 Å². The molecule has 2 amide bonds. The molecule has 0 bridgehead atoms. The number of carbonyl (C=O) groups excluding carboxylic acids is 2. The van der Waals surface area contributed by atoms with Crippen LogP contribution >= 0.6 is 0 Å². The smallest absolute Gasteiger partial charge is 0.255 e. The van der Waals surface area contributed by atoms with Gasteiger partial charge in [0.15, 0.2) is 0 Å². The number of nitrogens with two attached hydrogens (primary N) is 1. The van der Waals surface area contributed by atoms with Crippen molar-refractivity contribution in [3.05, 3.63) is 83.8 Å². The first kappa shape index (κ1) is 18.8. The molecule has 2 N–H and O–H groups in total. The Labute approximate surface area is 169 Å². The Hall–Kier alpha value is -3.54. The van der Waals surface area contributed by atoms with Crippen LogP contribution in [0.2, 0.25) is 0 Å². The highest BCUT2D eigenvalue weighted by Crippen LogP contribution is 2.28. The number of aromatic nitrogens is 2. The molecule has 1 atom stereocenters. The number of carbonyl (C=O) groups is 2. The van der Waals surface area contributed by atoms with E-state index in [9.17, 15) is 9.59 Å². The minimum Gasteiger partial charge on any atom is -0.366 e. The largest absolute Gasteiger partial charge is 0.366 e. The number of pyridine rings is 2. The molecule has 1 aromatic carbocycles.